The van der Waals surface area contributed by atoms with Gasteiger partial charge in [-0.3, -0.25) is 0 Å². The Morgan fingerprint density at radius 1 is 0.933 bits per heavy atom. The number of carbonyl (C=O) groups is 2. The van der Waals surface area contributed by atoms with Gasteiger partial charge in [-0.1, -0.05) is 12.1 Å². The molecule has 0 saturated heterocycles. The summed E-state index contributed by atoms with van der Waals surface area (Å²) in [6.45, 7) is 0. The summed E-state index contributed by atoms with van der Waals surface area (Å²) in [7, 11) is 0. The molecule has 0 N–H and O–H groups in total. The Labute approximate surface area is 118 Å². The number of hydrogen-bond donors (Lipinski definition) is 0. The standard InChI is InChI=1S/C8H4Cl2O4.Na.H/c9-13-7(11)5-3-1-2-4-6(5)8(12)14-10;;/h1-4H;;. The average molecular weight is 259 g/mol. The van der Waals surface area contributed by atoms with Gasteiger partial charge >= 0.3 is 41.5 Å². The van der Waals surface area contributed by atoms with Crippen LogP contribution in [0.4, 0.5) is 0 Å². The van der Waals surface area contributed by atoms with Crippen LogP contribution in [0.15, 0.2) is 24.3 Å². The monoisotopic (exact) mass is 258 g/mol. The molecule has 0 atom stereocenters. The summed E-state index contributed by atoms with van der Waals surface area (Å²) in [5.74, 6) is -1.69. The molecule has 1 rings (SSSR count). The fraction of sp³-hybridized carbons (Fsp3) is 0. The predicted molar refractivity (Wildman–Crippen MR) is 56.1 cm³/mol. The third-order valence-electron chi connectivity index (χ3n) is 1.51. The van der Waals surface area contributed by atoms with Crippen molar-refractivity contribution in [1.29, 1.82) is 0 Å². The molecular formula is C8H5Cl2NaO4. The summed E-state index contributed by atoms with van der Waals surface area (Å²) < 4.78 is 7.91. The predicted octanol–water partition coefficient (Wildman–Crippen LogP) is 1.66. The van der Waals surface area contributed by atoms with Gasteiger partial charge in [-0.25, -0.2) is 9.59 Å². The quantitative estimate of drug-likeness (QED) is 0.758. The van der Waals surface area contributed by atoms with E-state index in [1.165, 1.54) is 12.1 Å². The molecule has 15 heavy (non-hydrogen) atoms. The van der Waals surface area contributed by atoms with Gasteiger partial charge in [0.2, 0.25) is 0 Å². The Morgan fingerprint density at radius 2 is 1.27 bits per heavy atom. The second kappa shape index (κ2) is 7.09. The second-order valence-electron chi connectivity index (χ2n) is 2.27. The molecule has 0 bridgehead atoms. The topological polar surface area (TPSA) is 52.6 Å². The molecule has 1 aromatic carbocycles. The van der Waals surface area contributed by atoms with Crippen molar-refractivity contribution in [3.63, 3.8) is 0 Å². The van der Waals surface area contributed by atoms with E-state index >= 15 is 0 Å². The van der Waals surface area contributed by atoms with E-state index in [1.54, 1.807) is 12.1 Å². The van der Waals surface area contributed by atoms with Crippen LogP contribution in [-0.2, 0) is 8.58 Å². The molecule has 4 nitrogen and oxygen atoms in total. The molecule has 0 aromatic heterocycles. The molecule has 76 valence electrons. The van der Waals surface area contributed by atoms with Crippen LogP contribution in [0.2, 0.25) is 0 Å². The van der Waals surface area contributed by atoms with Crippen LogP contribution in [0.25, 0.3) is 0 Å². The van der Waals surface area contributed by atoms with Crippen molar-refractivity contribution in [3.05, 3.63) is 35.4 Å². The summed E-state index contributed by atoms with van der Waals surface area (Å²) in [5, 5.41) is 0. The number of rotatable bonds is 2. The molecule has 1 aromatic rings. The van der Waals surface area contributed by atoms with Crippen LogP contribution < -0.4 is 0 Å². The number of carbonyl (C=O) groups excluding carboxylic acids is 2. The molecule has 0 saturated carbocycles. The molecule has 0 radical (unpaired) electrons. The van der Waals surface area contributed by atoms with E-state index in [-0.39, 0.29) is 40.7 Å². The molecule has 0 aliphatic rings. The summed E-state index contributed by atoms with van der Waals surface area (Å²) in [6.07, 6.45) is 0. The fourth-order valence-electron chi connectivity index (χ4n) is 0.922. The molecule has 0 heterocycles. The summed E-state index contributed by atoms with van der Waals surface area (Å²) in [5.41, 5.74) is -0.0127. The number of hydrogen-bond acceptors (Lipinski definition) is 4. The third kappa shape index (κ3) is 3.66. The zero-order valence-electron chi connectivity index (χ0n) is 6.70. The van der Waals surface area contributed by atoms with Crippen molar-refractivity contribution in [2.45, 2.75) is 0 Å². The first kappa shape index (κ1) is 14.7. The molecular weight excluding hydrogens is 254 g/mol. The maximum atomic E-state index is 11.0. The van der Waals surface area contributed by atoms with E-state index in [2.05, 4.69) is 8.58 Å². The van der Waals surface area contributed by atoms with Gasteiger partial charge in [0.25, 0.3) is 0 Å². The Hall–Kier alpha value is -0.260. The van der Waals surface area contributed by atoms with Crippen LogP contribution in [-0.4, -0.2) is 41.5 Å². The summed E-state index contributed by atoms with van der Waals surface area (Å²) in [4.78, 5) is 22.1. The normalized spacial score (nSPS) is 8.67. The van der Waals surface area contributed by atoms with Crippen molar-refractivity contribution in [2.75, 3.05) is 0 Å². The van der Waals surface area contributed by atoms with Crippen LogP contribution >= 0.6 is 23.7 Å². The van der Waals surface area contributed by atoms with Crippen LogP contribution in [0.3, 0.4) is 0 Å². The summed E-state index contributed by atoms with van der Waals surface area (Å²) in [6, 6.07) is 5.84. The second-order valence-corrected chi connectivity index (χ2v) is 2.58. The van der Waals surface area contributed by atoms with Gasteiger partial charge in [0.1, 0.15) is 23.7 Å². The van der Waals surface area contributed by atoms with Crippen molar-refractivity contribution in [3.8, 4) is 0 Å². The van der Waals surface area contributed by atoms with Gasteiger partial charge in [0.05, 0.1) is 11.1 Å². The van der Waals surface area contributed by atoms with E-state index in [0.717, 1.165) is 0 Å². The van der Waals surface area contributed by atoms with E-state index < -0.39 is 11.9 Å². The van der Waals surface area contributed by atoms with E-state index in [4.69, 9.17) is 23.7 Å². The van der Waals surface area contributed by atoms with Gasteiger partial charge in [-0.15, -0.1) is 0 Å². The van der Waals surface area contributed by atoms with E-state index in [1.807, 2.05) is 0 Å². The first-order valence-electron chi connectivity index (χ1n) is 3.45. The van der Waals surface area contributed by atoms with Crippen molar-refractivity contribution < 1.29 is 18.2 Å². The van der Waals surface area contributed by atoms with Gasteiger partial charge in [-0.2, -0.15) is 0 Å². The Bertz CT molecular complexity index is 334. The van der Waals surface area contributed by atoms with Crippen molar-refractivity contribution in [1.82, 2.24) is 0 Å². The summed E-state index contributed by atoms with van der Waals surface area (Å²) >= 11 is 9.74. The number of benzene rings is 1. The van der Waals surface area contributed by atoms with E-state index in [0.29, 0.717) is 0 Å². The SMILES string of the molecule is O=C(OCl)c1ccccc1C(=O)OCl.[NaH]. The van der Waals surface area contributed by atoms with Crippen molar-refractivity contribution in [2.24, 2.45) is 0 Å². The average Bonchev–Trinajstić information content (AvgIpc) is 2.27. The zero-order valence-corrected chi connectivity index (χ0v) is 8.21. The molecule has 0 spiro atoms. The van der Waals surface area contributed by atoms with Crippen LogP contribution in [0.5, 0.6) is 0 Å². The Kier molecular flexibility index (Phi) is 6.96. The van der Waals surface area contributed by atoms with Gasteiger partial charge in [0.15, 0.2) is 0 Å². The minimum absolute atomic E-state index is 0. The molecule has 0 amide bonds. The van der Waals surface area contributed by atoms with Gasteiger partial charge in [0, 0.05) is 0 Å². The van der Waals surface area contributed by atoms with Crippen LogP contribution in [0.1, 0.15) is 20.7 Å². The van der Waals surface area contributed by atoms with E-state index in [9.17, 15) is 9.59 Å². The van der Waals surface area contributed by atoms with Gasteiger partial charge < -0.3 is 8.58 Å². The minimum atomic E-state index is -0.843. The van der Waals surface area contributed by atoms with Crippen LogP contribution in [0, 0.1) is 0 Å². The van der Waals surface area contributed by atoms with Crippen molar-refractivity contribution >= 4 is 65.2 Å². The molecule has 0 fully saturated rings. The van der Waals surface area contributed by atoms with Gasteiger partial charge in [-0.05, 0) is 12.1 Å². The zero-order chi connectivity index (χ0) is 10.6. The molecule has 0 aliphatic carbocycles. The Morgan fingerprint density at radius 3 is 1.53 bits per heavy atom. The maximum absolute atomic E-state index is 11.0. The first-order chi connectivity index (χ1) is 6.70. The number of halogens is 2. The first-order valence-corrected chi connectivity index (χ1v) is 4.07. The molecule has 0 aliphatic heterocycles. The Balaban J connectivity index is 0.00000196. The molecule has 0 unspecified atom stereocenters. The molecule has 7 heteroatoms. The fourth-order valence-corrected chi connectivity index (χ4v) is 1.09. The third-order valence-corrected chi connectivity index (χ3v) is 1.79.